The highest BCUT2D eigenvalue weighted by molar-refractivity contribution is 5.97. The van der Waals surface area contributed by atoms with Crippen LogP contribution in [-0.4, -0.2) is 42.5 Å². The van der Waals surface area contributed by atoms with Crippen LogP contribution in [-0.2, 0) is 16.0 Å². The molecule has 0 radical (unpaired) electrons. The van der Waals surface area contributed by atoms with Gasteiger partial charge in [-0.15, -0.1) is 0 Å². The number of anilines is 1. The van der Waals surface area contributed by atoms with E-state index in [4.69, 9.17) is 9.47 Å². The Morgan fingerprint density at radius 2 is 2.04 bits per heavy atom. The SMILES string of the molecule is COCOc1ccc(N2CC[C@H](O)C2=O)nc1Cc1ccccc1. The van der Waals surface area contributed by atoms with Gasteiger partial charge in [0.2, 0.25) is 0 Å². The summed E-state index contributed by atoms with van der Waals surface area (Å²) in [5, 5.41) is 9.64. The van der Waals surface area contributed by atoms with Gasteiger partial charge in [-0.2, -0.15) is 0 Å². The molecular weight excluding hydrogens is 308 g/mol. The first-order chi connectivity index (χ1) is 11.7. The second kappa shape index (κ2) is 7.42. The normalized spacial score (nSPS) is 17.3. The van der Waals surface area contributed by atoms with E-state index in [2.05, 4.69) is 4.98 Å². The molecule has 1 amide bonds. The van der Waals surface area contributed by atoms with Crippen LogP contribution >= 0.6 is 0 Å². The lowest BCUT2D eigenvalue weighted by molar-refractivity contribution is -0.124. The Morgan fingerprint density at radius 1 is 1.25 bits per heavy atom. The van der Waals surface area contributed by atoms with E-state index in [0.29, 0.717) is 31.0 Å². The molecule has 0 unspecified atom stereocenters. The summed E-state index contributed by atoms with van der Waals surface area (Å²) in [6.45, 7) is 0.597. The third-order valence-corrected chi connectivity index (χ3v) is 3.92. The maximum atomic E-state index is 12.0. The number of aliphatic hydroxyl groups is 1. The van der Waals surface area contributed by atoms with Crippen LogP contribution in [0, 0.1) is 0 Å². The number of carbonyl (C=O) groups is 1. The Bertz CT molecular complexity index is 705. The highest BCUT2D eigenvalue weighted by Crippen LogP contribution is 2.26. The summed E-state index contributed by atoms with van der Waals surface area (Å²) in [6, 6.07) is 13.4. The molecule has 2 heterocycles. The zero-order valence-corrected chi connectivity index (χ0v) is 13.5. The lowest BCUT2D eigenvalue weighted by Gasteiger charge is -2.18. The number of aromatic nitrogens is 1. The van der Waals surface area contributed by atoms with Gasteiger partial charge in [0, 0.05) is 26.5 Å². The number of ether oxygens (including phenoxy) is 2. The van der Waals surface area contributed by atoms with E-state index in [0.717, 1.165) is 11.3 Å². The molecule has 1 aromatic heterocycles. The molecule has 6 heteroatoms. The average Bonchev–Trinajstić information content (AvgIpc) is 2.94. The molecule has 1 aromatic carbocycles. The third-order valence-electron chi connectivity index (χ3n) is 3.92. The standard InChI is InChI=1S/C18H20N2O4/c1-23-12-24-16-7-8-17(20-10-9-15(21)18(20)22)19-14(16)11-13-5-3-2-4-6-13/h2-8,15,21H,9-12H2,1H3/t15-/m0/s1. The van der Waals surface area contributed by atoms with Gasteiger partial charge in [0.05, 0.1) is 5.69 Å². The summed E-state index contributed by atoms with van der Waals surface area (Å²) in [4.78, 5) is 18.1. The molecule has 0 bridgehead atoms. The van der Waals surface area contributed by atoms with Crippen molar-refractivity contribution in [3.63, 3.8) is 0 Å². The zero-order chi connectivity index (χ0) is 16.9. The monoisotopic (exact) mass is 328 g/mol. The van der Waals surface area contributed by atoms with Crippen molar-refractivity contribution < 1.29 is 19.4 Å². The maximum absolute atomic E-state index is 12.0. The largest absolute Gasteiger partial charge is 0.466 e. The average molecular weight is 328 g/mol. The topological polar surface area (TPSA) is 71.9 Å². The predicted octanol–water partition coefficient (Wildman–Crippen LogP) is 1.75. The van der Waals surface area contributed by atoms with Crippen LogP contribution in [0.1, 0.15) is 17.7 Å². The van der Waals surface area contributed by atoms with Gasteiger partial charge >= 0.3 is 0 Å². The van der Waals surface area contributed by atoms with Crippen LogP contribution in [0.25, 0.3) is 0 Å². The Kier molecular flexibility index (Phi) is 5.08. The molecule has 1 saturated heterocycles. The molecule has 1 atom stereocenters. The number of aliphatic hydroxyl groups excluding tert-OH is 1. The lowest BCUT2D eigenvalue weighted by Crippen LogP contribution is -2.30. The number of nitrogens with zero attached hydrogens (tertiary/aromatic N) is 2. The zero-order valence-electron chi connectivity index (χ0n) is 13.5. The van der Waals surface area contributed by atoms with Gasteiger partial charge in [-0.25, -0.2) is 4.98 Å². The Hall–Kier alpha value is -2.44. The van der Waals surface area contributed by atoms with Crippen molar-refractivity contribution in [1.29, 1.82) is 0 Å². The maximum Gasteiger partial charge on any atom is 0.257 e. The van der Waals surface area contributed by atoms with Gasteiger partial charge in [0.1, 0.15) is 17.7 Å². The van der Waals surface area contributed by atoms with Gasteiger partial charge < -0.3 is 14.6 Å². The second-order valence-electron chi connectivity index (χ2n) is 5.62. The van der Waals surface area contributed by atoms with Crippen LogP contribution in [0.5, 0.6) is 5.75 Å². The van der Waals surface area contributed by atoms with Crippen LogP contribution in [0.3, 0.4) is 0 Å². The summed E-state index contributed by atoms with van der Waals surface area (Å²) in [5.74, 6) is 0.850. The van der Waals surface area contributed by atoms with Crippen molar-refractivity contribution in [2.24, 2.45) is 0 Å². The predicted molar refractivity (Wildman–Crippen MR) is 89.0 cm³/mol. The fraction of sp³-hybridized carbons (Fsp3) is 0.333. The summed E-state index contributed by atoms with van der Waals surface area (Å²) in [6.07, 6.45) is 0.0724. The number of hydrogen-bond acceptors (Lipinski definition) is 5. The minimum absolute atomic E-state index is 0.129. The summed E-state index contributed by atoms with van der Waals surface area (Å²) in [5.41, 5.74) is 1.82. The molecule has 6 nitrogen and oxygen atoms in total. The Labute approximate surface area is 140 Å². The number of benzene rings is 1. The van der Waals surface area contributed by atoms with E-state index in [1.807, 2.05) is 30.3 Å². The van der Waals surface area contributed by atoms with Crippen LogP contribution < -0.4 is 9.64 Å². The van der Waals surface area contributed by atoms with Crippen molar-refractivity contribution in [1.82, 2.24) is 4.98 Å². The number of rotatable bonds is 6. The number of amides is 1. The molecule has 2 aromatic rings. The summed E-state index contributed by atoms with van der Waals surface area (Å²) < 4.78 is 10.6. The fourth-order valence-electron chi connectivity index (χ4n) is 2.69. The molecule has 0 spiro atoms. The molecule has 126 valence electrons. The van der Waals surface area contributed by atoms with Crippen LogP contribution in [0.15, 0.2) is 42.5 Å². The van der Waals surface area contributed by atoms with Crippen LogP contribution in [0.4, 0.5) is 5.82 Å². The highest BCUT2D eigenvalue weighted by Gasteiger charge is 2.31. The van der Waals surface area contributed by atoms with E-state index in [1.165, 1.54) is 4.90 Å². The van der Waals surface area contributed by atoms with Gasteiger partial charge in [-0.05, 0) is 17.7 Å². The number of hydrogen-bond donors (Lipinski definition) is 1. The smallest absolute Gasteiger partial charge is 0.257 e. The van der Waals surface area contributed by atoms with Crippen molar-refractivity contribution in [2.75, 3.05) is 25.3 Å². The molecule has 1 fully saturated rings. The molecule has 1 aliphatic heterocycles. The first-order valence-corrected chi connectivity index (χ1v) is 7.84. The second-order valence-corrected chi connectivity index (χ2v) is 5.62. The molecule has 3 rings (SSSR count). The molecule has 24 heavy (non-hydrogen) atoms. The fourth-order valence-corrected chi connectivity index (χ4v) is 2.69. The van der Waals surface area contributed by atoms with Crippen molar-refractivity contribution in [2.45, 2.75) is 18.9 Å². The molecule has 0 aliphatic carbocycles. The van der Waals surface area contributed by atoms with E-state index < -0.39 is 6.10 Å². The molecule has 0 saturated carbocycles. The van der Waals surface area contributed by atoms with Crippen LogP contribution in [0.2, 0.25) is 0 Å². The molecule has 1 N–H and O–H groups in total. The summed E-state index contributed by atoms with van der Waals surface area (Å²) in [7, 11) is 1.56. The quantitative estimate of drug-likeness (QED) is 0.818. The minimum atomic E-state index is -0.936. The van der Waals surface area contributed by atoms with Crippen molar-refractivity contribution in [3.05, 3.63) is 53.7 Å². The lowest BCUT2D eigenvalue weighted by atomic mass is 10.1. The summed E-state index contributed by atoms with van der Waals surface area (Å²) >= 11 is 0. The van der Waals surface area contributed by atoms with E-state index in [1.54, 1.807) is 19.2 Å². The minimum Gasteiger partial charge on any atom is -0.466 e. The van der Waals surface area contributed by atoms with Gasteiger partial charge in [-0.3, -0.25) is 9.69 Å². The van der Waals surface area contributed by atoms with Gasteiger partial charge in [0.25, 0.3) is 5.91 Å². The van der Waals surface area contributed by atoms with Crippen molar-refractivity contribution >= 4 is 11.7 Å². The van der Waals surface area contributed by atoms with E-state index in [-0.39, 0.29) is 12.7 Å². The Balaban J connectivity index is 1.90. The number of carbonyl (C=O) groups excluding carboxylic acids is 1. The number of pyridine rings is 1. The van der Waals surface area contributed by atoms with E-state index in [9.17, 15) is 9.90 Å². The highest BCUT2D eigenvalue weighted by atomic mass is 16.7. The van der Waals surface area contributed by atoms with E-state index >= 15 is 0 Å². The first kappa shape index (κ1) is 16.4. The molecular formula is C18H20N2O4. The number of methoxy groups -OCH3 is 1. The Morgan fingerprint density at radius 3 is 2.71 bits per heavy atom. The van der Waals surface area contributed by atoms with Crippen molar-refractivity contribution in [3.8, 4) is 5.75 Å². The van der Waals surface area contributed by atoms with Gasteiger partial charge in [-0.1, -0.05) is 30.3 Å². The van der Waals surface area contributed by atoms with Gasteiger partial charge in [0.15, 0.2) is 6.79 Å². The third kappa shape index (κ3) is 3.55. The molecule has 1 aliphatic rings. The first-order valence-electron chi connectivity index (χ1n) is 7.84.